The summed E-state index contributed by atoms with van der Waals surface area (Å²) in [6, 6.07) is 4.68. The number of aromatic nitrogens is 1. The molecule has 0 radical (unpaired) electrons. The summed E-state index contributed by atoms with van der Waals surface area (Å²) in [6.45, 7) is 8.72. The van der Waals surface area contributed by atoms with E-state index in [9.17, 15) is 0 Å². The molecule has 1 atom stereocenters. The first-order valence-electron chi connectivity index (χ1n) is 6.29. The molecule has 0 spiro atoms. The highest BCUT2D eigenvalue weighted by atomic mass is 35.5. The predicted molar refractivity (Wildman–Crippen MR) is 76.0 cm³/mol. The third-order valence-electron chi connectivity index (χ3n) is 3.25. The number of anilines is 1. The van der Waals surface area contributed by atoms with Crippen LogP contribution in [0, 0.1) is 0 Å². The van der Waals surface area contributed by atoms with E-state index in [2.05, 4.69) is 51.8 Å². The van der Waals surface area contributed by atoms with Gasteiger partial charge in [-0.3, -0.25) is 0 Å². The van der Waals surface area contributed by atoms with E-state index in [1.165, 1.54) is 0 Å². The molecule has 3 heteroatoms. The molecule has 96 valence electrons. The molecule has 2 nitrogen and oxygen atoms in total. The number of rotatable bonds is 5. The highest BCUT2D eigenvalue weighted by Crippen LogP contribution is 2.22. The molecule has 0 aliphatic carbocycles. The first kappa shape index (κ1) is 14.3. The van der Waals surface area contributed by atoms with Gasteiger partial charge in [0.25, 0.3) is 0 Å². The maximum absolute atomic E-state index is 5.95. The Balaban J connectivity index is 3.10. The van der Waals surface area contributed by atoms with Gasteiger partial charge >= 0.3 is 0 Å². The van der Waals surface area contributed by atoms with E-state index in [0.717, 1.165) is 23.5 Å². The van der Waals surface area contributed by atoms with E-state index in [0.29, 0.717) is 17.8 Å². The molecule has 1 unspecified atom stereocenters. The molecule has 1 aromatic heterocycles. The van der Waals surface area contributed by atoms with Crippen molar-refractivity contribution in [1.29, 1.82) is 0 Å². The SMILES string of the molecule is CCC(C)N(C)c1cc(CCl)cc(C(C)C)n1. The van der Waals surface area contributed by atoms with Crippen molar-refractivity contribution in [3.05, 3.63) is 23.4 Å². The molecule has 0 aliphatic rings. The zero-order valence-electron chi connectivity index (χ0n) is 11.5. The van der Waals surface area contributed by atoms with Crippen molar-refractivity contribution in [3.63, 3.8) is 0 Å². The smallest absolute Gasteiger partial charge is 0.129 e. The van der Waals surface area contributed by atoms with Gasteiger partial charge in [-0.05, 0) is 37.0 Å². The summed E-state index contributed by atoms with van der Waals surface area (Å²) in [6.07, 6.45) is 1.11. The van der Waals surface area contributed by atoms with Crippen LogP contribution in [0.5, 0.6) is 0 Å². The van der Waals surface area contributed by atoms with Crippen LogP contribution in [0.2, 0.25) is 0 Å². The van der Waals surface area contributed by atoms with Gasteiger partial charge in [-0.15, -0.1) is 11.6 Å². The molecule has 0 saturated heterocycles. The molecule has 0 amide bonds. The lowest BCUT2D eigenvalue weighted by Gasteiger charge is -2.26. The van der Waals surface area contributed by atoms with Gasteiger partial charge in [-0.25, -0.2) is 4.98 Å². The lowest BCUT2D eigenvalue weighted by Crippen LogP contribution is -2.29. The van der Waals surface area contributed by atoms with Crippen LogP contribution in [0.3, 0.4) is 0 Å². The van der Waals surface area contributed by atoms with E-state index >= 15 is 0 Å². The molecule has 0 aliphatic heterocycles. The van der Waals surface area contributed by atoms with Gasteiger partial charge in [0.1, 0.15) is 5.82 Å². The zero-order chi connectivity index (χ0) is 13.0. The van der Waals surface area contributed by atoms with Gasteiger partial charge in [0, 0.05) is 24.7 Å². The fraction of sp³-hybridized carbons (Fsp3) is 0.643. The van der Waals surface area contributed by atoms with E-state index in [1.807, 2.05) is 0 Å². The van der Waals surface area contributed by atoms with E-state index < -0.39 is 0 Å². The molecule has 17 heavy (non-hydrogen) atoms. The Kier molecular flexibility index (Phi) is 5.26. The summed E-state index contributed by atoms with van der Waals surface area (Å²) in [5, 5.41) is 0. The minimum absolute atomic E-state index is 0.433. The summed E-state index contributed by atoms with van der Waals surface area (Å²) in [4.78, 5) is 6.94. The second kappa shape index (κ2) is 6.25. The van der Waals surface area contributed by atoms with Crippen LogP contribution < -0.4 is 4.90 Å². The summed E-state index contributed by atoms with van der Waals surface area (Å²) in [5.41, 5.74) is 2.27. The molecule has 0 N–H and O–H groups in total. The summed E-state index contributed by atoms with van der Waals surface area (Å²) >= 11 is 5.95. The van der Waals surface area contributed by atoms with Crippen LogP contribution >= 0.6 is 11.6 Å². The molecule has 0 aromatic carbocycles. The normalized spacial score (nSPS) is 12.9. The molecule has 1 heterocycles. The third kappa shape index (κ3) is 3.60. The Bertz CT molecular complexity index is 363. The standard InChI is InChI=1S/C14H23ClN2/c1-6-11(4)17(5)14-8-12(9-15)7-13(16-14)10(2)3/h7-8,10-11H,6,9H2,1-5H3. The summed E-state index contributed by atoms with van der Waals surface area (Å²) in [5.74, 6) is 2.01. The van der Waals surface area contributed by atoms with Crippen LogP contribution in [-0.4, -0.2) is 18.1 Å². The first-order valence-corrected chi connectivity index (χ1v) is 6.82. The predicted octanol–water partition coefficient (Wildman–Crippen LogP) is 4.18. The molecular formula is C14H23ClN2. The van der Waals surface area contributed by atoms with E-state index in [-0.39, 0.29) is 0 Å². The van der Waals surface area contributed by atoms with Crippen molar-refractivity contribution in [1.82, 2.24) is 4.98 Å². The average Bonchev–Trinajstić information content (AvgIpc) is 2.36. The van der Waals surface area contributed by atoms with Crippen molar-refractivity contribution in [2.45, 2.75) is 52.0 Å². The van der Waals surface area contributed by atoms with Gasteiger partial charge in [0.15, 0.2) is 0 Å². The Hall–Kier alpha value is -0.760. The number of pyridine rings is 1. The Morgan fingerprint density at radius 1 is 1.29 bits per heavy atom. The number of hydrogen-bond acceptors (Lipinski definition) is 2. The van der Waals surface area contributed by atoms with Crippen molar-refractivity contribution < 1.29 is 0 Å². The zero-order valence-corrected chi connectivity index (χ0v) is 12.3. The molecule has 0 bridgehead atoms. The number of nitrogens with zero attached hydrogens (tertiary/aromatic N) is 2. The largest absolute Gasteiger partial charge is 0.357 e. The van der Waals surface area contributed by atoms with E-state index in [1.54, 1.807) is 0 Å². The molecule has 1 rings (SSSR count). The number of hydrogen-bond donors (Lipinski definition) is 0. The molecule has 0 fully saturated rings. The van der Waals surface area contributed by atoms with Crippen LogP contribution in [-0.2, 0) is 5.88 Å². The van der Waals surface area contributed by atoms with Crippen molar-refractivity contribution >= 4 is 17.4 Å². The topological polar surface area (TPSA) is 16.1 Å². The maximum atomic E-state index is 5.95. The lowest BCUT2D eigenvalue weighted by molar-refractivity contribution is 0.653. The third-order valence-corrected chi connectivity index (χ3v) is 3.56. The second-order valence-electron chi connectivity index (χ2n) is 4.91. The minimum atomic E-state index is 0.433. The second-order valence-corrected chi connectivity index (χ2v) is 5.18. The summed E-state index contributed by atoms with van der Waals surface area (Å²) in [7, 11) is 2.10. The Morgan fingerprint density at radius 3 is 2.41 bits per heavy atom. The highest BCUT2D eigenvalue weighted by molar-refractivity contribution is 6.17. The first-order chi connectivity index (χ1) is 7.99. The fourth-order valence-corrected chi connectivity index (χ4v) is 1.80. The summed E-state index contributed by atoms with van der Waals surface area (Å²) < 4.78 is 0. The van der Waals surface area contributed by atoms with Crippen LogP contribution in [0.4, 0.5) is 5.82 Å². The lowest BCUT2D eigenvalue weighted by atomic mass is 10.1. The van der Waals surface area contributed by atoms with E-state index in [4.69, 9.17) is 16.6 Å². The van der Waals surface area contributed by atoms with Crippen molar-refractivity contribution in [3.8, 4) is 0 Å². The molecular weight excluding hydrogens is 232 g/mol. The molecule has 0 saturated carbocycles. The average molecular weight is 255 g/mol. The maximum Gasteiger partial charge on any atom is 0.129 e. The van der Waals surface area contributed by atoms with Crippen molar-refractivity contribution in [2.75, 3.05) is 11.9 Å². The Labute approximate surface area is 110 Å². The van der Waals surface area contributed by atoms with Crippen LogP contribution in [0.25, 0.3) is 0 Å². The highest BCUT2D eigenvalue weighted by Gasteiger charge is 2.12. The monoisotopic (exact) mass is 254 g/mol. The van der Waals surface area contributed by atoms with Gasteiger partial charge in [-0.1, -0.05) is 20.8 Å². The van der Waals surface area contributed by atoms with Gasteiger partial charge in [0.2, 0.25) is 0 Å². The van der Waals surface area contributed by atoms with Gasteiger partial charge in [0.05, 0.1) is 0 Å². The quantitative estimate of drug-likeness (QED) is 0.733. The molecule has 1 aromatic rings. The fourth-order valence-electron chi connectivity index (χ4n) is 1.65. The van der Waals surface area contributed by atoms with Crippen molar-refractivity contribution in [2.24, 2.45) is 0 Å². The van der Waals surface area contributed by atoms with Crippen LogP contribution in [0.1, 0.15) is 51.3 Å². The number of halogens is 1. The van der Waals surface area contributed by atoms with Gasteiger partial charge in [-0.2, -0.15) is 0 Å². The van der Waals surface area contributed by atoms with Crippen LogP contribution in [0.15, 0.2) is 12.1 Å². The number of alkyl halides is 1. The minimum Gasteiger partial charge on any atom is -0.357 e. The Morgan fingerprint density at radius 2 is 1.94 bits per heavy atom. The van der Waals surface area contributed by atoms with Gasteiger partial charge < -0.3 is 4.90 Å².